The van der Waals surface area contributed by atoms with E-state index in [0.29, 0.717) is 0 Å². The van der Waals surface area contributed by atoms with Crippen LogP contribution in [0.2, 0.25) is 0 Å². The van der Waals surface area contributed by atoms with E-state index >= 15 is 0 Å². The second-order valence-corrected chi connectivity index (χ2v) is 8.21. The van der Waals surface area contributed by atoms with Gasteiger partial charge in [-0.3, -0.25) is 4.90 Å². The SMILES string of the molecule is CN(C)CCCN1CCN(C(=O)Nc2ccccc2C(C)(C)C)CC1. The lowest BCUT2D eigenvalue weighted by Gasteiger charge is -2.35. The Morgan fingerprint density at radius 1 is 1.12 bits per heavy atom. The molecule has 2 amide bonds. The highest BCUT2D eigenvalue weighted by Crippen LogP contribution is 2.29. The summed E-state index contributed by atoms with van der Waals surface area (Å²) < 4.78 is 0. The fourth-order valence-electron chi connectivity index (χ4n) is 3.23. The van der Waals surface area contributed by atoms with Gasteiger partial charge in [-0.2, -0.15) is 0 Å². The largest absolute Gasteiger partial charge is 0.322 e. The van der Waals surface area contributed by atoms with Crippen molar-refractivity contribution < 1.29 is 4.79 Å². The number of para-hydroxylation sites is 1. The van der Waals surface area contributed by atoms with Crippen molar-refractivity contribution in [2.75, 3.05) is 58.7 Å². The molecule has 0 unspecified atom stereocenters. The van der Waals surface area contributed by atoms with Crippen LogP contribution in [0.15, 0.2) is 24.3 Å². The van der Waals surface area contributed by atoms with Gasteiger partial charge in [-0.15, -0.1) is 0 Å². The molecule has 1 heterocycles. The van der Waals surface area contributed by atoms with Crippen LogP contribution in [0.4, 0.5) is 10.5 Å². The van der Waals surface area contributed by atoms with Gasteiger partial charge in [0.2, 0.25) is 0 Å². The van der Waals surface area contributed by atoms with Crippen LogP contribution in [0, 0.1) is 0 Å². The van der Waals surface area contributed by atoms with Gasteiger partial charge in [0.25, 0.3) is 0 Å². The topological polar surface area (TPSA) is 38.8 Å². The average Bonchev–Trinajstić information content (AvgIpc) is 2.54. The number of hydrogen-bond donors (Lipinski definition) is 1. The summed E-state index contributed by atoms with van der Waals surface area (Å²) in [4.78, 5) is 19.3. The van der Waals surface area contributed by atoms with Crippen molar-refractivity contribution in [1.82, 2.24) is 14.7 Å². The van der Waals surface area contributed by atoms with Crippen molar-refractivity contribution in [3.8, 4) is 0 Å². The molecular formula is C20H34N4O. The van der Waals surface area contributed by atoms with E-state index in [-0.39, 0.29) is 11.4 Å². The first kappa shape index (κ1) is 19.7. The predicted molar refractivity (Wildman–Crippen MR) is 105 cm³/mol. The molecule has 25 heavy (non-hydrogen) atoms. The van der Waals surface area contributed by atoms with Gasteiger partial charge in [0, 0.05) is 31.9 Å². The number of rotatable bonds is 5. The summed E-state index contributed by atoms with van der Waals surface area (Å²) in [5.74, 6) is 0. The molecule has 1 aliphatic heterocycles. The molecule has 1 N–H and O–H groups in total. The number of urea groups is 1. The van der Waals surface area contributed by atoms with Crippen LogP contribution >= 0.6 is 0 Å². The van der Waals surface area contributed by atoms with Crippen LogP contribution in [0.5, 0.6) is 0 Å². The number of nitrogens with one attached hydrogen (secondary N) is 1. The first-order valence-corrected chi connectivity index (χ1v) is 9.30. The summed E-state index contributed by atoms with van der Waals surface area (Å²) >= 11 is 0. The summed E-state index contributed by atoms with van der Waals surface area (Å²) in [5, 5.41) is 3.12. The lowest BCUT2D eigenvalue weighted by atomic mass is 9.86. The predicted octanol–water partition coefficient (Wildman–Crippen LogP) is 3.09. The van der Waals surface area contributed by atoms with E-state index in [9.17, 15) is 4.79 Å². The molecular weight excluding hydrogens is 312 g/mol. The third-order valence-corrected chi connectivity index (χ3v) is 4.72. The monoisotopic (exact) mass is 346 g/mol. The molecule has 0 bridgehead atoms. The van der Waals surface area contributed by atoms with Crippen molar-refractivity contribution >= 4 is 11.7 Å². The number of carbonyl (C=O) groups excluding carboxylic acids is 1. The van der Waals surface area contributed by atoms with E-state index in [1.54, 1.807) is 0 Å². The Balaban J connectivity index is 1.86. The highest BCUT2D eigenvalue weighted by atomic mass is 16.2. The lowest BCUT2D eigenvalue weighted by molar-refractivity contribution is 0.144. The summed E-state index contributed by atoms with van der Waals surface area (Å²) in [6, 6.07) is 8.12. The highest BCUT2D eigenvalue weighted by Gasteiger charge is 2.23. The Morgan fingerprint density at radius 2 is 1.76 bits per heavy atom. The van der Waals surface area contributed by atoms with Crippen molar-refractivity contribution in [2.24, 2.45) is 0 Å². The van der Waals surface area contributed by atoms with Crippen LogP contribution in [0.3, 0.4) is 0 Å². The quantitative estimate of drug-likeness (QED) is 0.890. The number of nitrogens with zero attached hydrogens (tertiary/aromatic N) is 3. The molecule has 0 aliphatic carbocycles. The molecule has 5 heteroatoms. The third kappa shape index (κ3) is 6.01. The normalized spacial score (nSPS) is 16.3. The molecule has 2 rings (SSSR count). The van der Waals surface area contributed by atoms with Crippen molar-refractivity contribution in [2.45, 2.75) is 32.6 Å². The first-order chi connectivity index (χ1) is 11.8. The zero-order valence-electron chi connectivity index (χ0n) is 16.5. The summed E-state index contributed by atoms with van der Waals surface area (Å²) in [6.45, 7) is 12.3. The maximum Gasteiger partial charge on any atom is 0.321 e. The molecule has 0 atom stereocenters. The lowest BCUT2D eigenvalue weighted by Crippen LogP contribution is -2.50. The van der Waals surface area contributed by atoms with E-state index in [1.807, 2.05) is 23.1 Å². The summed E-state index contributed by atoms with van der Waals surface area (Å²) in [5.41, 5.74) is 2.11. The summed E-state index contributed by atoms with van der Waals surface area (Å²) in [7, 11) is 4.22. The Kier molecular flexibility index (Phi) is 6.85. The van der Waals surface area contributed by atoms with Crippen LogP contribution in [-0.4, -0.2) is 74.1 Å². The van der Waals surface area contributed by atoms with Crippen LogP contribution in [0.1, 0.15) is 32.8 Å². The standard InChI is InChI=1S/C20H34N4O/c1-20(2,3)17-9-6-7-10-18(17)21-19(25)24-15-13-23(14-16-24)12-8-11-22(4)5/h6-7,9-10H,8,11-16H2,1-5H3,(H,21,25). The van der Waals surface area contributed by atoms with Crippen molar-refractivity contribution in [3.05, 3.63) is 29.8 Å². The first-order valence-electron chi connectivity index (χ1n) is 9.30. The molecule has 1 fully saturated rings. The van der Waals surface area contributed by atoms with Gasteiger partial charge in [-0.05, 0) is 50.7 Å². The van der Waals surface area contributed by atoms with E-state index in [2.05, 4.69) is 56.0 Å². The third-order valence-electron chi connectivity index (χ3n) is 4.72. The summed E-state index contributed by atoms with van der Waals surface area (Å²) in [6.07, 6.45) is 1.18. The molecule has 1 saturated heterocycles. The van der Waals surface area contributed by atoms with E-state index < -0.39 is 0 Å². The minimum absolute atomic E-state index is 0.00894. The molecule has 0 aromatic heterocycles. The average molecular weight is 347 g/mol. The molecule has 5 nitrogen and oxygen atoms in total. The number of hydrogen-bond acceptors (Lipinski definition) is 3. The zero-order valence-corrected chi connectivity index (χ0v) is 16.5. The number of benzene rings is 1. The van der Waals surface area contributed by atoms with Gasteiger partial charge in [0.1, 0.15) is 0 Å². The Hall–Kier alpha value is -1.59. The molecule has 0 radical (unpaired) electrons. The van der Waals surface area contributed by atoms with E-state index in [0.717, 1.165) is 45.0 Å². The van der Waals surface area contributed by atoms with E-state index in [1.165, 1.54) is 12.0 Å². The van der Waals surface area contributed by atoms with Gasteiger partial charge >= 0.3 is 6.03 Å². The van der Waals surface area contributed by atoms with Gasteiger partial charge < -0.3 is 15.1 Å². The van der Waals surface area contributed by atoms with Gasteiger partial charge in [-0.25, -0.2) is 4.79 Å². The smallest absolute Gasteiger partial charge is 0.321 e. The zero-order chi connectivity index (χ0) is 18.4. The van der Waals surface area contributed by atoms with Crippen molar-refractivity contribution in [3.63, 3.8) is 0 Å². The second-order valence-electron chi connectivity index (χ2n) is 8.21. The minimum Gasteiger partial charge on any atom is -0.322 e. The highest BCUT2D eigenvalue weighted by molar-refractivity contribution is 5.90. The number of carbonyl (C=O) groups is 1. The van der Waals surface area contributed by atoms with Gasteiger partial charge in [0.15, 0.2) is 0 Å². The van der Waals surface area contributed by atoms with Crippen LogP contribution in [0.25, 0.3) is 0 Å². The molecule has 1 aromatic rings. The second kappa shape index (κ2) is 8.68. The fourth-order valence-corrected chi connectivity index (χ4v) is 3.23. The molecule has 0 saturated carbocycles. The molecule has 140 valence electrons. The minimum atomic E-state index is 0.00894. The van der Waals surface area contributed by atoms with Crippen molar-refractivity contribution in [1.29, 1.82) is 0 Å². The number of amides is 2. The number of anilines is 1. The van der Waals surface area contributed by atoms with Crippen LogP contribution < -0.4 is 5.32 Å². The van der Waals surface area contributed by atoms with Crippen LogP contribution in [-0.2, 0) is 5.41 Å². The molecule has 1 aromatic carbocycles. The maximum atomic E-state index is 12.6. The Labute approximate surface area is 153 Å². The van der Waals surface area contributed by atoms with Gasteiger partial charge in [-0.1, -0.05) is 39.0 Å². The van der Waals surface area contributed by atoms with E-state index in [4.69, 9.17) is 0 Å². The molecule has 1 aliphatic rings. The molecule has 0 spiro atoms. The number of piperazine rings is 1. The van der Waals surface area contributed by atoms with Gasteiger partial charge in [0.05, 0.1) is 0 Å². The Bertz CT molecular complexity index is 557. The fraction of sp³-hybridized carbons (Fsp3) is 0.650. The maximum absolute atomic E-state index is 12.6. The Morgan fingerprint density at radius 3 is 2.36 bits per heavy atom.